The van der Waals surface area contributed by atoms with Crippen LogP contribution in [0.5, 0.6) is 0 Å². The summed E-state index contributed by atoms with van der Waals surface area (Å²) < 4.78 is 0. The molecule has 1 aromatic rings. The monoisotopic (exact) mass is 147 g/mol. The Labute approximate surface area is 67.8 Å². The predicted octanol–water partition coefficient (Wildman–Crippen LogP) is 2.45. The third-order valence-electron chi connectivity index (χ3n) is 1.68. The largest absolute Gasteiger partial charge is 0.264 e. The van der Waals surface area contributed by atoms with Gasteiger partial charge in [-0.3, -0.25) is 4.98 Å². The minimum Gasteiger partial charge on any atom is -0.264 e. The lowest BCUT2D eigenvalue weighted by Crippen LogP contribution is -1.94. The summed E-state index contributed by atoms with van der Waals surface area (Å²) >= 11 is 0. The minimum atomic E-state index is 0.541. The van der Waals surface area contributed by atoms with Crippen LogP contribution in [-0.4, -0.2) is 4.98 Å². The zero-order chi connectivity index (χ0) is 8.10. The van der Waals surface area contributed by atoms with E-state index in [9.17, 15) is 0 Å². The number of allylic oxidation sites excluding steroid dienone is 1. The predicted molar refractivity (Wildman–Crippen MR) is 47.3 cm³/mol. The lowest BCUT2D eigenvalue weighted by atomic mass is 10.0. The molecule has 0 aliphatic carbocycles. The van der Waals surface area contributed by atoms with Crippen molar-refractivity contribution in [3.63, 3.8) is 0 Å². The van der Waals surface area contributed by atoms with Crippen molar-refractivity contribution in [3.8, 4) is 0 Å². The van der Waals surface area contributed by atoms with Crippen molar-refractivity contribution in [1.29, 1.82) is 0 Å². The van der Waals surface area contributed by atoms with Gasteiger partial charge in [-0.05, 0) is 24.0 Å². The van der Waals surface area contributed by atoms with Crippen LogP contribution in [0.2, 0.25) is 0 Å². The average Bonchev–Trinajstić information content (AvgIpc) is 2.06. The van der Waals surface area contributed by atoms with Gasteiger partial charge in [0.15, 0.2) is 0 Å². The normalized spacial score (nSPS) is 12.5. The van der Waals surface area contributed by atoms with Gasteiger partial charge in [-0.15, -0.1) is 6.58 Å². The molecule has 1 atom stereocenters. The SMILES string of the molecule is C=CC(C)Cc1cccnc1. The van der Waals surface area contributed by atoms with Crippen molar-refractivity contribution < 1.29 is 0 Å². The lowest BCUT2D eigenvalue weighted by Gasteiger charge is -2.03. The molecule has 1 heteroatoms. The summed E-state index contributed by atoms with van der Waals surface area (Å²) in [5.41, 5.74) is 1.28. The minimum absolute atomic E-state index is 0.541. The van der Waals surface area contributed by atoms with Crippen molar-refractivity contribution in [2.24, 2.45) is 5.92 Å². The Morgan fingerprint density at radius 3 is 3.09 bits per heavy atom. The van der Waals surface area contributed by atoms with E-state index in [1.165, 1.54) is 5.56 Å². The van der Waals surface area contributed by atoms with Gasteiger partial charge in [-0.1, -0.05) is 19.1 Å². The summed E-state index contributed by atoms with van der Waals surface area (Å²) in [7, 11) is 0. The van der Waals surface area contributed by atoms with Crippen LogP contribution < -0.4 is 0 Å². The number of rotatable bonds is 3. The van der Waals surface area contributed by atoms with Crippen LogP contribution in [0.25, 0.3) is 0 Å². The van der Waals surface area contributed by atoms with E-state index in [-0.39, 0.29) is 0 Å². The molecule has 0 aliphatic heterocycles. The molecule has 1 rings (SSSR count). The molecule has 1 aromatic heterocycles. The third kappa shape index (κ3) is 2.54. The van der Waals surface area contributed by atoms with Crippen molar-refractivity contribution in [2.45, 2.75) is 13.3 Å². The van der Waals surface area contributed by atoms with Gasteiger partial charge in [0.25, 0.3) is 0 Å². The molecule has 58 valence electrons. The van der Waals surface area contributed by atoms with Crippen LogP contribution in [0.3, 0.4) is 0 Å². The fourth-order valence-corrected chi connectivity index (χ4v) is 0.974. The van der Waals surface area contributed by atoms with E-state index in [1.807, 2.05) is 18.3 Å². The van der Waals surface area contributed by atoms with E-state index >= 15 is 0 Å². The van der Waals surface area contributed by atoms with Gasteiger partial charge in [-0.25, -0.2) is 0 Å². The van der Waals surface area contributed by atoms with Gasteiger partial charge in [0.1, 0.15) is 0 Å². The van der Waals surface area contributed by atoms with Gasteiger partial charge < -0.3 is 0 Å². The molecule has 0 saturated carbocycles. The molecule has 0 saturated heterocycles. The van der Waals surface area contributed by atoms with Crippen LogP contribution in [0.4, 0.5) is 0 Å². The van der Waals surface area contributed by atoms with Crippen molar-refractivity contribution >= 4 is 0 Å². The topological polar surface area (TPSA) is 12.9 Å². The zero-order valence-electron chi connectivity index (χ0n) is 6.83. The Kier molecular flexibility index (Phi) is 2.84. The standard InChI is InChI=1S/C10H13N/c1-3-9(2)7-10-5-4-6-11-8-10/h3-6,8-9H,1,7H2,2H3. The fourth-order valence-electron chi connectivity index (χ4n) is 0.974. The van der Waals surface area contributed by atoms with Crippen LogP contribution in [0, 0.1) is 5.92 Å². The Balaban J connectivity index is 2.57. The van der Waals surface area contributed by atoms with Crippen molar-refractivity contribution in [2.75, 3.05) is 0 Å². The Morgan fingerprint density at radius 2 is 2.55 bits per heavy atom. The van der Waals surface area contributed by atoms with E-state index in [2.05, 4.69) is 24.6 Å². The average molecular weight is 147 g/mol. The first kappa shape index (κ1) is 7.99. The van der Waals surface area contributed by atoms with Crippen LogP contribution in [0.1, 0.15) is 12.5 Å². The summed E-state index contributed by atoms with van der Waals surface area (Å²) in [6.45, 7) is 5.89. The summed E-state index contributed by atoms with van der Waals surface area (Å²) in [6.07, 6.45) is 6.70. The fraction of sp³-hybridized carbons (Fsp3) is 0.300. The van der Waals surface area contributed by atoms with Crippen LogP contribution in [-0.2, 0) is 6.42 Å². The number of hydrogen-bond acceptors (Lipinski definition) is 1. The van der Waals surface area contributed by atoms with Gasteiger partial charge >= 0.3 is 0 Å². The maximum absolute atomic E-state index is 4.04. The van der Waals surface area contributed by atoms with Crippen molar-refractivity contribution in [3.05, 3.63) is 42.7 Å². The van der Waals surface area contributed by atoms with E-state index < -0.39 is 0 Å². The quantitative estimate of drug-likeness (QED) is 0.598. The van der Waals surface area contributed by atoms with Crippen molar-refractivity contribution in [1.82, 2.24) is 4.98 Å². The maximum atomic E-state index is 4.04. The molecule has 11 heavy (non-hydrogen) atoms. The van der Waals surface area contributed by atoms with Gasteiger partial charge in [0.05, 0.1) is 0 Å². The third-order valence-corrected chi connectivity index (χ3v) is 1.68. The maximum Gasteiger partial charge on any atom is 0.0300 e. The zero-order valence-corrected chi connectivity index (χ0v) is 6.83. The summed E-state index contributed by atoms with van der Waals surface area (Å²) in [5, 5.41) is 0. The molecule has 0 N–H and O–H groups in total. The number of pyridine rings is 1. The smallest absolute Gasteiger partial charge is 0.0300 e. The van der Waals surface area contributed by atoms with Gasteiger partial charge in [0.2, 0.25) is 0 Å². The molecule has 0 aliphatic rings. The molecule has 0 amide bonds. The molecular formula is C10H13N. The van der Waals surface area contributed by atoms with E-state index in [0.29, 0.717) is 5.92 Å². The Hall–Kier alpha value is -1.11. The number of nitrogens with zero attached hydrogens (tertiary/aromatic N) is 1. The molecule has 1 nitrogen and oxygen atoms in total. The second kappa shape index (κ2) is 3.91. The molecule has 0 radical (unpaired) electrons. The highest BCUT2D eigenvalue weighted by molar-refractivity contribution is 5.10. The van der Waals surface area contributed by atoms with E-state index in [0.717, 1.165) is 6.42 Å². The molecule has 1 unspecified atom stereocenters. The summed E-state index contributed by atoms with van der Waals surface area (Å²) in [6, 6.07) is 4.05. The highest BCUT2D eigenvalue weighted by Crippen LogP contribution is 2.06. The molecule has 1 heterocycles. The van der Waals surface area contributed by atoms with Gasteiger partial charge in [0, 0.05) is 12.4 Å². The number of hydrogen-bond donors (Lipinski definition) is 0. The Morgan fingerprint density at radius 1 is 1.73 bits per heavy atom. The highest BCUT2D eigenvalue weighted by Gasteiger charge is 1.97. The van der Waals surface area contributed by atoms with Crippen LogP contribution in [0.15, 0.2) is 37.2 Å². The number of aromatic nitrogens is 1. The first-order chi connectivity index (χ1) is 5.33. The van der Waals surface area contributed by atoms with E-state index in [1.54, 1.807) is 6.20 Å². The summed E-state index contributed by atoms with van der Waals surface area (Å²) in [5.74, 6) is 0.541. The Bertz CT molecular complexity index is 216. The van der Waals surface area contributed by atoms with E-state index in [4.69, 9.17) is 0 Å². The molecule has 0 spiro atoms. The highest BCUT2D eigenvalue weighted by atomic mass is 14.6. The van der Waals surface area contributed by atoms with Gasteiger partial charge in [-0.2, -0.15) is 0 Å². The lowest BCUT2D eigenvalue weighted by molar-refractivity contribution is 0.723. The first-order valence-corrected chi connectivity index (χ1v) is 3.84. The molecular weight excluding hydrogens is 134 g/mol. The van der Waals surface area contributed by atoms with Crippen LogP contribution >= 0.6 is 0 Å². The first-order valence-electron chi connectivity index (χ1n) is 3.84. The molecule has 0 aromatic carbocycles. The second-order valence-corrected chi connectivity index (χ2v) is 2.78. The second-order valence-electron chi connectivity index (χ2n) is 2.78. The molecule has 0 fully saturated rings. The summed E-state index contributed by atoms with van der Waals surface area (Å²) in [4.78, 5) is 4.04. The molecule has 0 bridgehead atoms.